The molecule has 0 atom stereocenters. The fourth-order valence-electron chi connectivity index (χ4n) is 2.21. The number of hydrogen-bond acceptors (Lipinski definition) is 3. The van der Waals surface area contributed by atoms with Crippen molar-refractivity contribution in [2.24, 2.45) is 5.10 Å². The predicted octanol–water partition coefficient (Wildman–Crippen LogP) is 5.06. The number of amides is 1. The van der Waals surface area contributed by atoms with Crippen molar-refractivity contribution in [2.75, 3.05) is 0 Å². The van der Waals surface area contributed by atoms with Crippen LogP contribution in [0.1, 0.15) is 11.3 Å². The van der Waals surface area contributed by atoms with Gasteiger partial charge in [-0.15, -0.1) is 0 Å². The number of rotatable bonds is 5. The largest absolute Gasteiger partial charge is 0.455 e. The molecule has 0 saturated carbocycles. The molecule has 1 aromatic heterocycles. The molecule has 0 aliphatic heterocycles. The zero-order valence-electron chi connectivity index (χ0n) is 13.1. The second kappa shape index (κ2) is 8.14. The second-order valence-corrected chi connectivity index (χ2v) is 6.66. The number of nitrogens with one attached hydrogen (secondary N) is 1. The summed E-state index contributed by atoms with van der Waals surface area (Å²) < 4.78 is 6.65. The number of benzene rings is 2. The van der Waals surface area contributed by atoms with E-state index in [1.165, 1.54) is 6.21 Å². The third-order valence-electron chi connectivity index (χ3n) is 3.39. The molecule has 4 nitrogen and oxygen atoms in total. The molecule has 0 radical (unpaired) electrons. The third kappa shape index (κ3) is 5.05. The highest BCUT2D eigenvalue weighted by atomic mass is 79.9. The first-order valence-corrected chi connectivity index (χ1v) is 8.69. The van der Waals surface area contributed by atoms with Gasteiger partial charge in [-0.05, 0) is 42.0 Å². The molecule has 0 spiro atoms. The lowest BCUT2D eigenvalue weighted by Gasteiger charge is -2.00. The highest BCUT2D eigenvalue weighted by Crippen LogP contribution is 2.24. The minimum Gasteiger partial charge on any atom is -0.455 e. The molecule has 2 aromatic carbocycles. The fourth-order valence-corrected chi connectivity index (χ4v) is 2.67. The number of carbonyl (C=O) groups is 1. The molecule has 0 aliphatic rings. The summed E-state index contributed by atoms with van der Waals surface area (Å²) in [6.07, 6.45) is 1.73. The minimum atomic E-state index is -0.194. The molecule has 0 aliphatic carbocycles. The van der Waals surface area contributed by atoms with Gasteiger partial charge in [0.15, 0.2) is 0 Å². The maximum absolute atomic E-state index is 11.9. The maximum atomic E-state index is 11.9. The van der Waals surface area contributed by atoms with E-state index in [0.717, 1.165) is 15.6 Å². The van der Waals surface area contributed by atoms with Crippen LogP contribution in [0.25, 0.3) is 11.3 Å². The molecular weight excluding hydrogens is 404 g/mol. The third-order valence-corrected chi connectivity index (χ3v) is 4.16. The number of halogens is 2. The summed E-state index contributed by atoms with van der Waals surface area (Å²) in [5.41, 5.74) is 4.29. The normalized spacial score (nSPS) is 11.0. The summed E-state index contributed by atoms with van der Waals surface area (Å²) in [7, 11) is 0. The lowest BCUT2D eigenvalue weighted by Crippen LogP contribution is -2.19. The highest BCUT2D eigenvalue weighted by molar-refractivity contribution is 9.10. The van der Waals surface area contributed by atoms with Crippen LogP contribution in [-0.2, 0) is 11.2 Å². The molecule has 1 amide bonds. The lowest BCUT2D eigenvalue weighted by atomic mass is 10.1. The average molecular weight is 418 g/mol. The number of hydrogen-bond donors (Lipinski definition) is 1. The van der Waals surface area contributed by atoms with Crippen molar-refractivity contribution < 1.29 is 9.21 Å². The van der Waals surface area contributed by atoms with Gasteiger partial charge in [-0.2, -0.15) is 5.10 Å². The molecule has 0 unspecified atom stereocenters. The number of hydrazone groups is 1. The van der Waals surface area contributed by atoms with Crippen LogP contribution in [0.4, 0.5) is 0 Å². The fraction of sp³-hybridized carbons (Fsp3) is 0.0526. The van der Waals surface area contributed by atoms with Gasteiger partial charge in [-0.25, -0.2) is 5.43 Å². The minimum absolute atomic E-state index is 0.194. The number of nitrogens with zero attached hydrogens (tertiary/aromatic N) is 1. The molecule has 6 heteroatoms. The van der Waals surface area contributed by atoms with Crippen molar-refractivity contribution in [1.29, 1.82) is 0 Å². The summed E-state index contributed by atoms with van der Waals surface area (Å²) >= 11 is 9.34. The first-order valence-electron chi connectivity index (χ1n) is 7.52. The highest BCUT2D eigenvalue weighted by Gasteiger charge is 2.05. The zero-order chi connectivity index (χ0) is 17.6. The predicted molar refractivity (Wildman–Crippen MR) is 103 cm³/mol. The van der Waals surface area contributed by atoms with Crippen LogP contribution in [-0.4, -0.2) is 12.1 Å². The Labute approximate surface area is 158 Å². The van der Waals surface area contributed by atoms with Gasteiger partial charge < -0.3 is 4.42 Å². The van der Waals surface area contributed by atoms with Crippen molar-refractivity contribution in [3.05, 3.63) is 81.5 Å². The van der Waals surface area contributed by atoms with Gasteiger partial charge in [0, 0.05) is 15.1 Å². The molecule has 0 saturated heterocycles. The lowest BCUT2D eigenvalue weighted by molar-refractivity contribution is -0.120. The smallest absolute Gasteiger partial charge is 0.244 e. The van der Waals surface area contributed by atoms with Crippen molar-refractivity contribution in [3.63, 3.8) is 0 Å². The van der Waals surface area contributed by atoms with E-state index in [-0.39, 0.29) is 12.3 Å². The Balaban J connectivity index is 1.57. The average Bonchev–Trinajstić information content (AvgIpc) is 3.06. The van der Waals surface area contributed by atoms with Crippen molar-refractivity contribution in [1.82, 2.24) is 5.43 Å². The molecule has 0 fully saturated rings. The molecule has 3 rings (SSSR count). The van der Waals surface area contributed by atoms with E-state index >= 15 is 0 Å². The topological polar surface area (TPSA) is 54.6 Å². The molecule has 3 aromatic rings. The van der Waals surface area contributed by atoms with Crippen molar-refractivity contribution in [3.8, 4) is 11.3 Å². The van der Waals surface area contributed by atoms with Gasteiger partial charge in [0.2, 0.25) is 5.91 Å². The van der Waals surface area contributed by atoms with E-state index in [9.17, 15) is 4.79 Å². The SMILES string of the molecule is O=C(Cc1ccc(Br)cc1)NN=Cc1ccc(-c2cccc(Cl)c2)o1. The molecule has 25 heavy (non-hydrogen) atoms. The van der Waals surface area contributed by atoms with E-state index in [1.807, 2.05) is 48.5 Å². The van der Waals surface area contributed by atoms with Crippen molar-refractivity contribution in [2.45, 2.75) is 6.42 Å². The Hall–Kier alpha value is -2.37. The summed E-state index contributed by atoms with van der Waals surface area (Å²) in [6.45, 7) is 0. The summed E-state index contributed by atoms with van der Waals surface area (Å²) in [6, 6.07) is 18.6. The molecule has 1 heterocycles. The standard InChI is InChI=1S/C19H14BrClN2O2/c20-15-6-4-13(5-7-15)10-19(24)23-22-12-17-8-9-18(25-17)14-2-1-3-16(21)11-14/h1-9,11-12H,10H2,(H,23,24). The quantitative estimate of drug-likeness (QED) is 0.466. The van der Waals surface area contributed by atoms with Crippen LogP contribution < -0.4 is 5.43 Å². The van der Waals surface area contributed by atoms with Gasteiger partial charge in [-0.1, -0.05) is 51.8 Å². The van der Waals surface area contributed by atoms with E-state index in [1.54, 1.807) is 12.1 Å². The Morgan fingerprint density at radius 3 is 2.72 bits per heavy atom. The van der Waals surface area contributed by atoms with E-state index in [2.05, 4.69) is 26.5 Å². The molecule has 1 N–H and O–H groups in total. The van der Waals surface area contributed by atoms with E-state index < -0.39 is 0 Å². The van der Waals surface area contributed by atoms with Gasteiger partial charge in [0.1, 0.15) is 11.5 Å². The Kier molecular flexibility index (Phi) is 5.68. The van der Waals surface area contributed by atoms with Crippen LogP contribution in [0.3, 0.4) is 0 Å². The van der Waals surface area contributed by atoms with E-state index in [0.29, 0.717) is 16.5 Å². The monoisotopic (exact) mass is 416 g/mol. The van der Waals surface area contributed by atoms with Gasteiger partial charge >= 0.3 is 0 Å². The van der Waals surface area contributed by atoms with Crippen LogP contribution in [0.2, 0.25) is 5.02 Å². The van der Waals surface area contributed by atoms with Gasteiger partial charge in [0.25, 0.3) is 0 Å². The summed E-state index contributed by atoms with van der Waals surface area (Å²) in [5.74, 6) is 1.03. The second-order valence-electron chi connectivity index (χ2n) is 5.31. The van der Waals surface area contributed by atoms with Crippen LogP contribution in [0.15, 0.2) is 74.7 Å². The summed E-state index contributed by atoms with van der Waals surface area (Å²) in [4.78, 5) is 11.9. The van der Waals surface area contributed by atoms with Crippen LogP contribution in [0, 0.1) is 0 Å². The van der Waals surface area contributed by atoms with Crippen molar-refractivity contribution >= 4 is 39.7 Å². The summed E-state index contributed by atoms with van der Waals surface area (Å²) in [5, 5.41) is 4.57. The molecule has 0 bridgehead atoms. The van der Waals surface area contributed by atoms with Crippen LogP contribution in [0.5, 0.6) is 0 Å². The Bertz CT molecular complexity index is 904. The zero-order valence-corrected chi connectivity index (χ0v) is 15.4. The molecule has 126 valence electrons. The van der Waals surface area contributed by atoms with Gasteiger partial charge in [0.05, 0.1) is 12.6 Å². The first kappa shape index (κ1) is 17.5. The first-order chi connectivity index (χ1) is 12.1. The van der Waals surface area contributed by atoms with Gasteiger partial charge in [-0.3, -0.25) is 4.79 Å². The van der Waals surface area contributed by atoms with Crippen LogP contribution >= 0.6 is 27.5 Å². The Morgan fingerprint density at radius 1 is 1.16 bits per heavy atom. The molecular formula is C19H14BrClN2O2. The number of furan rings is 1. The Morgan fingerprint density at radius 2 is 1.96 bits per heavy atom. The maximum Gasteiger partial charge on any atom is 0.244 e. The number of carbonyl (C=O) groups excluding carboxylic acids is 1. The van der Waals surface area contributed by atoms with E-state index in [4.69, 9.17) is 16.0 Å².